The minimum absolute atomic E-state index is 0. The van der Waals surface area contributed by atoms with E-state index in [1.54, 1.807) is 0 Å². The summed E-state index contributed by atoms with van der Waals surface area (Å²) in [7, 11) is 0. The van der Waals surface area contributed by atoms with Gasteiger partial charge in [-0.15, -0.1) is 12.4 Å². The van der Waals surface area contributed by atoms with Gasteiger partial charge in [-0.3, -0.25) is 0 Å². The molecule has 78 valence electrons. The molecule has 0 saturated carbocycles. The van der Waals surface area contributed by atoms with Gasteiger partial charge >= 0.3 is 0 Å². The van der Waals surface area contributed by atoms with E-state index in [1.807, 2.05) is 12.1 Å². The summed E-state index contributed by atoms with van der Waals surface area (Å²) in [5, 5.41) is 0. The molecule has 2 nitrogen and oxygen atoms in total. The maximum absolute atomic E-state index is 5.64. The van der Waals surface area contributed by atoms with Crippen LogP contribution in [0.1, 0.15) is 19.3 Å². The highest BCUT2D eigenvalue weighted by molar-refractivity contribution is 5.85. The summed E-state index contributed by atoms with van der Waals surface area (Å²) in [6, 6.07) is 8.18. The SMILES string of the molecule is Cl.Nc1ccc(N2CCCCC2)cc1. The Labute approximate surface area is 91.5 Å². The minimum atomic E-state index is 0. The molecular formula is C11H17ClN2. The topological polar surface area (TPSA) is 29.3 Å². The van der Waals surface area contributed by atoms with Gasteiger partial charge in [0, 0.05) is 24.5 Å². The van der Waals surface area contributed by atoms with E-state index in [0.717, 1.165) is 5.69 Å². The van der Waals surface area contributed by atoms with Crippen molar-refractivity contribution in [3.63, 3.8) is 0 Å². The van der Waals surface area contributed by atoms with Gasteiger partial charge in [-0.1, -0.05) is 0 Å². The van der Waals surface area contributed by atoms with Crippen molar-refractivity contribution in [2.45, 2.75) is 19.3 Å². The van der Waals surface area contributed by atoms with Crippen LogP contribution in [0.15, 0.2) is 24.3 Å². The molecule has 0 amide bonds. The third-order valence-corrected chi connectivity index (χ3v) is 2.61. The molecule has 1 saturated heterocycles. The van der Waals surface area contributed by atoms with Gasteiger partial charge in [0.1, 0.15) is 0 Å². The Morgan fingerprint density at radius 3 is 2.07 bits per heavy atom. The Kier molecular flexibility index (Phi) is 4.08. The van der Waals surface area contributed by atoms with E-state index in [0.29, 0.717) is 0 Å². The lowest BCUT2D eigenvalue weighted by atomic mass is 10.1. The van der Waals surface area contributed by atoms with Crippen LogP contribution in [0.25, 0.3) is 0 Å². The third kappa shape index (κ3) is 2.55. The maximum atomic E-state index is 5.64. The van der Waals surface area contributed by atoms with Crippen LogP contribution in [0.5, 0.6) is 0 Å². The number of nitrogens with zero attached hydrogens (tertiary/aromatic N) is 1. The Bertz CT molecular complexity index is 265. The fourth-order valence-electron chi connectivity index (χ4n) is 1.84. The molecule has 0 atom stereocenters. The number of rotatable bonds is 1. The van der Waals surface area contributed by atoms with Gasteiger partial charge < -0.3 is 10.6 Å². The molecule has 1 fully saturated rings. The van der Waals surface area contributed by atoms with Crippen LogP contribution in [0.3, 0.4) is 0 Å². The molecule has 0 radical (unpaired) electrons. The molecule has 1 aliphatic rings. The van der Waals surface area contributed by atoms with Gasteiger partial charge in [-0.25, -0.2) is 0 Å². The first-order chi connectivity index (χ1) is 6.36. The van der Waals surface area contributed by atoms with Crippen LogP contribution in [0, 0.1) is 0 Å². The summed E-state index contributed by atoms with van der Waals surface area (Å²) in [4.78, 5) is 2.43. The molecule has 14 heavy (non-hydrogen) atoms. The standard InChI is InChI=1S/C11H16N2.ClH/c12-10-4-6-11(7-5-10)13-8-2-1-3-9-13;/h4-7H,1-3,8-9,12H2;1H. The van der Waals surface area contributed by atoms with Crippen LogP contribution in [-0.4, -0.2) is 13.1 Å². The van der Waals surface area contributed by atoms with E-state index >= 15 is 0 Å². The van der Waals surface area contributed by atoms with Crippen LogP contribution >= 0.6 is 12.4 Å². The van der Waals surface area contributed by atoms with Gasteiger partial charge in [-0.2, -0.15) is 0 Å². The second-order valence-electron chi connectivity index (χ2n) is 3.64. The summed E-state index contributed by atoms with van der Waals surface area (Å²) in [5.74, 6) is 0. The molecule has 3 heteroatoms. The van der Waals surface area contributed by atoms with E-state index in [2.05, 4.69) is 17.0 Å². The molecule has 1 aromatic rings. The molecule has 2 N–H and O–H groups in total. The van der Waals surface area contributed by atoms with Crippen molar-refractivity contribution in [2.24, 2.45) is 0 Å². The lowest BCUT2D eigenvalue weighted by Gasteiger charge is -2.28. The van der Waals surface area contributed by atoms with Crippen molar-refractivity contribution in [3.8, 4) is 0 Å². The lowest BCUT2D eigenvalue weighted by Crippen LogP contribution is -2.29. The molecule has 1 aromatic carbocycles. The number of piperidine rings is 1. The summed E-state index contributed by atoms with van der Waals surface area (Å²) in [6.45, 7) is 2.40. The molecule has 1 heterocycles. The average molecular weight is 213 g/mol. The third-order valence-electron chi connectivity index (χ3n) is 2.61. The Morgan fingerprint density at radius 1 is 0.929 bits per heavy atom. The van der Waals surface area contributed by atoms with Crippen molar-refractivity contribution >= 4 is 23.8 Å². The number of hydrogen-bond donors (Lipinski definition) is 1. The van der Waals surface area contributed by atoms with E-state index in [9.17, 15) is 0 Å². The normalized spacial score (nSPS) is 16.1. The van der Waals surface area contributed by atoms with E-state index in [1.165, 1.54) is 38.0 Å². The molecular weight excluding hydrogens is 196 g/mol. The molecule has 0 bridgehead atoms. The van der Waals surface area contributed by atoms with Crippen LogP contribution in [0.2, 0.25) is 0 Å². The minimum Gasteiger partial charge on any atom is -0.399 e. The van der Waals surface area contributed by atoms with E-state index in [4.69, 9.17) is 5.73 Å². The lowest BCUT2D eigenvalue weighted by molar-refractivity contribution is 0.578. The Balaban J connectivity index is 0.000000980. The van der Waals surface area contributed by atoms with E-state index < -0.39 is 0 Å². The zero-order valence-electron chi connectivity index (χ0n) is 8.28. The van der Waals surface area contributed by atoms with Crippen molar-refractivity contribution in [2.75, 3.05) is 23.7 Å². The second kappa shape index (κ2) is 5.11. The first kappa shape index (κ1) is 11.2. The zero-order chi connectivity index (χ0) is 9.10. The molecule has 0 unspecified atom stereocenters. The van der Waals surface area contributed by atoms with Gasteiger partial charge in [0.2, 0.25) is 0 Å². The quantitative estimate of drug-likeness (QED) is 0.726. The molecule has 0 aromatic heterocycles. The monoisotopic (exact) mass is 212 g/mol. The number of halogens is 1. The predicted octanol–water partition coefficient (Wildman–Crippen LogP) is 2.68. The molecule has 2 rings (SSSR count). The van der Waals surface area contributed by atoms with Crippen LogP contribution in [-0.2, 0) is 0 Å². The average Bonchev–Trinajstić information content (AvgIpc) is 2.20. The number of anilines is 2. The van der Waals surface area contributed by atoms with Crippen molar-refractivity contribution in [1.29, 1.82) is 0 Å². The number of nitrogen functional groups attached to an aromatic ring is 1. The van der Waals surface area contributed by atoms with E-state index in [-0.39, 0.29) is 12.4 Å². The largest absolute Gasteiger partial charge is 0.399 e. The van der Waals surface area contributed by atoms with Gasteiger partial charge in [0.15, 0.2) is 0 Å². The van der Waals surface area contributed by atoms with Crippen molar-refractivity contribution < 1.29 is 0 Å². The van der Waals surface area contributed by atoms with Crippen molar-refractivity contribution in [3.05, 3.63) is 24.3 Å². The zero-order valence-corrected chi connectivity index (χ0v) is 9.09. The molecule has 0 aliphatic carbocycles. The summed E-state index contributed by atoms with van der Waals surface area (Å²) < 4.78 is 0. The molecule has 1 aliphatic heterocycles. The summed E-state index contributed by atoms with van der Waals surface area (Å²) in [5.41, 5.74) is 7.80. The number of benzene rings is 1. The van der Waals surface area contributed by atoms with Gasteiger partial charge in [0.25, 0.3) is 0 Å². The Hall–Kier alpha value is -0.890. The van der Waals surface area contributed by atoms with Crippen LogP contribution < -0.4 is 10.6 Å². The second-order valence-corrected chi connectivity index (χ2v) is 3.64. The molecule has 0 spiro atoms. The summed E-state index contributed by atoms with van der Waals surface area (Å²) in [6.07, 6.45) is 4.03. The highest BCUT2D eigenvalue weighted by atomic mass is 35.5. The number of nitrogens with two attached hydrogens (primary N) is 1. The Morgan fingerprint density at radius 2 is 1.50 bits per heavy atom. The fraction of sp³-hybridized carbons (Fsp3) is 0.455. The van der Waals surface area contributed by atoms with Crippen molar-refractivity contribution in [1.82, 2.24) is 0 Å². The van der Waals surface area contributed by atoms with Gasteiger partial charge in [0.05, 0.1) is 0 Å². The first-order valence-electron chi connectivity index (χ1n) is 4.97. The fourth-order valence-corrected chi connectivity index (χ4v) is 1.84. The predicted molar refractivity (Wildman–Crippen MR) is 64.2 cm³/mol. The van der Waals surface area contributed by atoms with Gasteiger partial charge in [-0.05, 0) is 43.5 Å². The first-order valence-corrected chi connectivity index (χ1v) is 4.97. The highest BCUT2D eigenvalue weighted by Gasteiger charge is 2.09. The number of hydrogen-bond acceptors (Lipinski definition) is 2. The smallest absolute Gasteiger partial charge is 0.0367 e. The maximum Gasteiger partial charge on any atom is 0.0367 e. The summed E-state index contributed by atoms with van der Waals surface area (Å²) >= 11 is 0. The highest BCUT2D eigenvalue weighted by Crippen LogP contribution is 2.20. The van der Waals surface area contributed by atoms with Crippen LogP contribution in [0.4, 0.5) is 11.4 Å².